The van der Waals surface area contributed by atoms with Crippen LogP contribution in [0.25, 0.3) is 0 Å². The van der Waals surface area contributed by atoms with Gasteiger partial charge in [-0.3, -0.25) is 9.69 Å². The van der Waals surface area contributed by atoms with Gasteiger partial charge in [-0.25, -0.2) is 4.39 Å². The second kappa shape index (κ2) is 9.52. The third kappa shape index (κ3) is 4.28. The van der Waals surface area contributed by atoms with Crippen LogP contribution in [-0.2, 0) is 19.0 Å². The zero-order chi connectivity index (χ0) is 24.5. The van der Waals surface area contributed by atoms with Gasteiger partial charge in [-0.15, -0.1) is 0 Å². The molecule has 176 valence electrons. The average molecular weight is 464 g/mol. The lowest BCUT2D eigenvalue weighted by atomic mass is 9.86. The van der Waals surface area contributed by atoms with Crippen molar-refractivity contribution in [2.75, 3.05) is 13.7 Å². The number of likely N-dealkylation sites (tertiary alicyclic amines) is 1. The third-order valence-corrected chi connectivity index (χ3v) is 6.53. The summed E-state index contributed by atoms with van der Waals surface area (Å²) in [5, 5.41) is 20.1. The van der Waals surface area contributed by atoms with Crippen LogP contribution in [-0.4, -0.2) is 42.5 Å². The van der Waals surface area contributed by atoms with Gasteiger partial charge in [-0.05, 0) is 37.1 Å². The van der Waals surface area contributed by atoms with E-state index in [1.807, 2.05) is 49.1 Å². The fourth-order valence-electron chi connectivity index (χ4n) is 5.05. The Morgan fingerprint density at radius 1 is 1.06 bits per heavy atom. The van der Waals surface area contributed by atoms with Crippen molar-refractivity contribution in [3.8, 4) is 12.1 Å². The molecule has 0 spiro atoms. The van der Waals surface area contributed by atoms with Crippen LogP contribution in [0.4, 0.5) is 4.39 Å². The van der Waals surface area contributed by atoms with Gasteiger partial charge in [0.15, 0.2) is 5.79 Å². The second-order valence-corrected chi connectivity index (χ2v) is 8.95. The van der Waals surface area contributed by atoms with E-state index in [1.165, 1.54) is 19.2 Å². The molecule has 0 N–H and O–H groups in total. The molecular weight excluding hydrogens is 437 g/mol. The number of carbonyl (C=O) groups excluding carboxylic acids is 1. The van der Waals surface area contributed by atoms with Crippen LogP contribution in [0.1, 0.15) is 37.1 Å². The van der Waals surface area contributed by atoms with Gasteiger partial charge in [-0.2, -0.15) is 10.5 Å². The molecule has 0 radical (unpaired) electrons. The highest BCUT2D eigenvalue weighted by Crippen LogP contribution is 2.50. The van der Waals surface area contributed by atoms with Gasteiger partial charge in [0.05, 0.1) is 49.8 Å². The topological polar surface area (TPSA) is 95.6 Å². The molecule has 6 atom stereocenters. The molecule has 0 unspecified atom stereocenters. The molecule has 0 aliphatic carbocycles. The number of rotatable bonds is 4. The highest BCUT2D eigenvalue weighted by Gasteiger charge is 2.58. The first-order valence-electron chi connectivity index (χ1n) is 11.1. The van der Waals surface area contributed by atoms with Crippen molar-refractivity contribution in [3.05, 3.63) is 71.5 Å². The molecule has 2 heterocycles. The highest BCUT2D eigenvalue weighted by molar-refractivity contribution is 5.77. The van der Waals surface area contributed by atoms with Crippen molar-refractivity contribution in [2.45, 2.75) is 43.9 Å². The van der Waals surface area contributed by atoms with E-state index >= 15 is 0 Å². The third-order valence-electron chi connectivity index (χ3n) is 6.53. The predicted molar refractivity (Wildman–Crippen MR) is 119 cm³/mol. The summed E-state index contributed by atoms with van der Waals surface area (Å²) in [6.07, 6.45) is -0.517. The lowest BCUT2D eigenvalue weighted by molar-refractivity contribution is -0.300. The summed E-state index contributed by atoms with van der Waals surface area (Å²) in [6, 6.07) is 17.5. The maximum atomic E-state index is 13.7. The second-order valence-electron chi connectivity index (χ2n) is 8.95. The van der Waals surface area contributed by atoms with E-state index in [0.29, 0.717) is 5.56 Å². The normalized spacial score (nSPS) is 30.8. The minimum atomic E-state index is -1.03. The van der Waals surface area contributed by atoms with Crippen molar-refractivity contribution >= 4 is 5.97 Å². The molecule has 2 aromatic carbocycles. The van der Waals surface area contributed by atoms with Crippen molar-refractivity contribution in [1.82, 2.24) is 4.90 Å². The molecule has 0 aromatic heterocycles. The van der Waals surface area contributed by atoms with Crippen molar-refractivity contribution in [1.29, 1.82) is 10.5 Å². The molecule has 2 aromatic rings. The molecule has 8 heteroatoms. The number of benzene rings is 2. The van der Waals surface area contributed by atoms with E-state index < -0.39 is 53.6 Å². The fraction of sp³-hybridized carbons (Fsp3) is 0.423. The number of ether oxygens (including phenoxy) is 3. The lowest BCUT2D eigenvalue weighted by Crippen LogP contribution is -2.56. The Morgan fingerprint density at radius 3 is 2.29 bits per heavy atom. The Hall–Kier alpha value is -3.30. The highest BCUT2D eigenvalue weighted by atomic mass is 19.1. The Labute approximate surface area is 198 Å². The number of carbonyl (C=O) groups is 1. The summed E-state index contributed by atoms with van der Waals surface area (Å²) in [4.78, 5) is 14.8. The summed E-state index contributed by atoms with van der Waals surface area (Å²) in [7, 11) is 1.26. The van der Waals surface area contributed by atoms with Gasteiger partial charge < -0.3 is 14.2 Å². The van der Waals surface area contributed by atoms with Crippen molar-refractivity contribution < 1.29 is 23.4 Å². The zero-order valence-electron chi connectivity index (χ0n) is 19.2. The van der Waals surface area contributed by atoms with Crippen LogP contribution < -0.4 is 0 Å². The lowest BCUT2D eigenvalue weighted by Gasteiger charge is -2.47. The number of nitriles is 2. The van der Waals surface area contributed by atoms with Gasteiger partial charge in [0.25, 0.3) is 0 Å². The van der Waals surface area contributed by atoms with Crippen LogP contribution in [0.2, 0.25) is 0 Å². The standard InChI is InChI=1S/C26H26FN3O4/c1-26(2)33-15-21(24(34-26)17-7-5-4-6-8-17)30-22(16-9-11-18(27)12-10-16)19(13-28)20(14-29)23(30)25(31)32-3/h4-12,19-24H,15H2,1-3H3/t19-,20-,21-,22+,23-,24-/m0/s1. The number of halogens is 1. The van der Waals surface area contributed by atoms with Crippen LogP contribution in [0.3, 0.4) is 0 Å². The molecule has 2 saturated heterocycles. The molecule has 4 rings (SSSR count). The van der Waals surface area contributed by atoms with Crippen LogP contribution in [0.15, 0.2) is 54.6 Å². The van der Waals surface area contributed by atoms with E-state index in [1.54, 1.807) is 12.1 Å². The summed E-state index contributed by atoms with van der Waals surface area (Å²) in [6.45, 7) is 3.82. The van der Waals surface area contributed by atoms with Crippen LogP contribution in [0, 0.1) is 40.3 Å². The first kappa shape index (κ1) is 23.8. The first-order chi connectivity index (χ1) is 16.3. The first-order valence-corrected chi connectivity index (χ1v) is 11.1. The monoisotopic (exact) mass is 463 g/mol. The Kier molecular flexibility index (Phi) is 6.67. The van der Waals surface area contributed by atoms with Gasteiger partial charge in [0.1, 0.15) is 18.0 Å². The molecule has 0 saturated carbocycles. The van der Waals surface area contributed by atoms with Crippen molar-refractivity contribution in [3.63, 3.8) is 0 Å². The van der Waals surface area contributed by atoms with Gasteiger partial charge in [-0.1, -0.05) is 42.5 Å². The maximum absolute atomic E-state index is 13.7. The van der Waals surface area contributed by atoms with Crippen LogP contribution in [0.5, 0.6) is 0 Å². The number of hydrogen-bond acceptors (Lipinski definition) is 7. The quantitative estimate of drug-likeness (QED) is 0.635. The summed E-state index contributed by atoms with van der Waals surface area (Å²) < 4.78 is 31.2. The maximum Gasteiger partial charge on any atom is 0.324 e. The summed E-state index contributed by atoms with van der Waals surface area (Å²) in [5.41, 5.74) is 1.50. The minimum absolute atomic E-state index is 0.189. The largest absolute Gasteiger partial charge is 0.468 e. The molecule has 34 heavy (non-hydrogen) atoms. The smallest absolute Gasteiger partial charge is 0.324 e. The number of esters is 1. The van der Waals surface area contributed by atoms with E-state index in [9.17, 15) is 19.7 Å². The van der Waals surface area contributed by atoms with Gasteiger partial charge in [0, 0.05) is 0 Å². The molecule has 2 aliphatic rings. The fourth-order valence-corrected chi connectivity index (χ4v) is 5.05. The SMILES string of the molecule is COC(=O)[C@@H]1[C@@H](C#N)[C@H](C#N)[C@@H](c2ccc(F)cc2)N1[C@H]1COC(C)(C)O[C@H]1c1ccccc1. The molecule has 0 bridgehead atoms. The molecule has 0 amide bonds. The molecule has 7 nitrogen and oxygen atoms in total. The van der Waals surface area contributed by atoms with Crippen molar-refractivity contribution in [2.24, 2.45) is 11.8 Å². The predicted octanol–water partition coefficient (Wildman–Crippen LogP) is 3.90. The Bertz CT molecular complexity index is 1110. The van der Waals surface area contributed by atoms with Gasteiger partial charge in [0.2, 0.25) is 0 Å². The summed E-state index contributed by atoms with van der Waals surface area (Å²) >= 11 is 0. The molecule has 2 fully saturated rings. The number of methoxy groups -OCH3 is 1. The van der Waals surface area contributed by atoms with E-state index in [2.05, 4.69) is 12.1 Å². The minimum Gasteiger partial charge on any atom is -0.468 e. The Morgan fingerprint density at radius 2 is 1.71 bits per heavy atom. The van der Waals surface area contributed by atoms with Crippen LogP contribution >= 0.6 is 0 Å². The van der Waals surface area contributed by atoms with E-state index in [-0.39, 0.29) is 6.61 Å². The molecule has 2 aliphatic heterocycles. The number of nitrogens with zero attached hydrogens (tertiary/aromatic N) is 3. The average Bonchev–Trinajstić information content (AvgIpc) is 3.18. The summed E-state index contributed by atoms with van der Waals surface area (Å²) in [5.74, 6) is -3.74. The zero-order valence-corrected chi connectivity index (χ0v) is 19.2. The van der Waals surface area contributed by atoms with Gasteiger partial charge >= 0.3 is 5.97 Å². The van der Waals surface area contributed by atoms with E-state index in [4.69, 9.17) is 14.2 Å². The number of hydrogen-bond donors (Lipinski definition) is 0. The van der Waals surface area contributed by atoms with E-state index in [0.717, 1.165) is 5.56 Å². The Balaban J connectivity index is 1.88. The molecular formula is C26H26FN3O4.